The normalized spacial score (nSPS) is 29.6. The predicted octanol–water partition coefficient (Wildman–Crippen LogP) is 1.81. The van der Waals surface area contributed by atoms with Crippen LogP contribution >= 0.6 is 0 Å². The first-order valence-electron chi connectivity index (χ1n) is 7.75. The maximum Gasteiger partial charge on any atom is 0.305 e. The molecule has 0 spiro atoms. The highest BCUT2D eigenvalue weighted by Gasteiger charge is 2.41. The second kappa shape index (κ2) is 6.12. The number of carbonyl (C=O) groups excluding carboxylic acids is 1. The summed E-state index contributed by atoms with van der Waals surface area (Å²) in [6, 6.07) is 0. The highest BCUT2D eigenvalue weighted by Crippen LogP contribution is 2.32. The Morgan fingerprint density at radius 3 is 2.30 bits per heavy atom. The number of carboxylic acid groups (broad SMARTS) is 1. The van der Waals surface area contributed by atoms with Crippen molar-refractivity contribution in [2.24, 2.45) is 0 Å². The van der Waals surface area contributed by atoms with E-state index in [1.807, 2.05) is 6.92 Å². The molecule has 1 aliphatic carbocycles. The fourth-order valence-electron chi connectivity index (χ4n) is 3.49. The zero-order valence-electron chi connectivity index (χ0n) is 12.3. The van der Waals surface area contributed by atoms with Crippen molar-refractivity contribution in [3.05, 3.63) is 0 Å². The van der Waals surface area contributed by atoms with Gasteiger partial charge in [0.15, 0.2) is 0 Å². The maximum atomic E-state index is 12.6. The molecule has 114 valence electrons. The Morgan fingerprint density at radius 2 is 1.75 bits per heavy atom. The fraction of sp³-hybridized carbons (Fsp3) is 0.867. The van der Waals surface area contributed by atoms with E-state index < -0.39 is 17.0 Å². The number of piperidine rings is 1. The molecular weight excluding hydrogens is 256 g/mol. The Balaban J connectivity index is 2.06. The zero-order valence-corrected chi connectivity index (χ0v) is 12.3. The van der Waals surface area contributed by atoms with Gasteiger partial charge in [0, 0.05) is 0 Å². The molecular formula is C15H26N2O3. The lowest BCUT2D eigenvalue weighted by Gasteiger charge is -2.41. The van der Waals surface area contributed by atoms with E-state index in [4.69, 9.17) is 5.11 Å². The lowest BCUT2D eigenvalue weighted by atomic mass is 9.78. The summed E-state index contributed by atoms with van der Waals surface area (Å²) >= 11 is 0. The lowest BCUT2D eigenvalue weighted by Crippen LogP contribution is -2.62. The molecule has 2 rings (SSSR count). The number of hydrogen-bond acceptors (Lipinski definition) is 3. The molecule has 20 heavy (non-hydrogen) atoms. The molecule has 1 aliphatic heterocycles. The van der Waals surface area contributed by atoms with Crippen LogP contribution in [0.4, 0.5) is 0 Å². The average molecular weight is 282 g/mol. The largest absolute Gasteiger partial charge is 0.481 e. The van der Waals surface area contributed by atoms with Gasteiger partial charge in [-0.3, -0.25) is 9.59 Å². The summed E-state index contributed by atoms with van der Waals surface area (Å²) in [4.78, 5) is 23.8. The summed E-state index contributed by atoms with van der Waals surface area (Å²) in [7, 11) is 0. The quantitative estimate of drug-likeness (QED) is 0.735. The molecule has 5 nitrogen and oxygen atoms in total. The van der Waals surface area contributed by atoms with Gasteiger partial charge in [0.25, 0.3) is 0 Å². The van der Waals surface area contributed by atoms with Gasteiger partial charge < -0.3 is 15.7 Å². The van der Waals surface area contributed by atoms with Crippen LogP contribution in [0.15, 0.2) is 0 Å². The van der Waals surface area contributed by atoms with Crippen LogP contribution in [0.3, 0.4) is 0 Å². The molecule has 1 atom stereocenters. The highest BCUT2D eigenvalue weighted by molar-refractivity contribution is 5.87. The van der Waals surface area contributed by atoms with Gasteiger partial charge in [-0.15, -0.1) is 0 Å². The summed E-state index contributed by atoms with van der Waals surface area (Å²) in [5.41, 5.74) is -1.08. The van der Waals surface area contributed by atoms with E-state index >= 15 is 0 Å². The lowest BCUT2D eigenvalue weighted by molar-refractivity contribution is -0.140. The van der Waals surface area contributed by atoms with Crippen molar-refractivity contribution in [3.8, 4) is 0 Å². The molecule has 1 amide bonds. The minimum Gasteiger partial charge on any atom is -0.481 e. The van der Waals surface area contributed by atoms with E-state index in [9.17, 15) is 9.59 Å². The van der Waals surface area contributed by atoms with E-state index in [0.717, 1.165) is 57.9 Å². The minimum absolute atomic E-state index is 0.0275. The fourth-order valence-corrected chi connectivity index (χ4v) is 3.49. The van der Waals surface area contributed by atoms with Crippen molar-refractivity contribution in [2.45, 2.75) is 75.8 Å². The number of carbonyl (C=O) groups is 2. The Kier molecular flexibility index (Phi) is 4.68. The molecule has 0 aromatic carbocycles. The van der Waals surface area contributed by atoms with Crippen LogP contribution in [0, 0.1) is 0 Å². The van der Waals surface area contributed by atoms with E-state index in [2.05, 4.69) is 10.6 Å². The van der Waals surface area contributed by atoms with Crippen LogP contribution in [-0.2, 0) is 9.59 Å². The van der Waals surface area contributed by atoms with Gasteiger partial charge in [-0.2, -0.15) is 0 Å². The number of amides is 1. The van der Waals surface area contributed by atoms with Gasteiger partial charge in [0.2, 0.25) is 5.91 Å². The van der Waals surface area contributed by atoms with Gasteiger partial charge in [-0.1, -0.05) is 19.3 Å². The second-order valence-corrected chi connectivity index (χ2v) is 6.58. The smallest absolute Gasteiger partial charge is 0.305 e. The van der Waals surface area contributed by atoms with Crippen LogP contribution in [0.2, 0.25) is 0 Å². The summed E-state index contributed by atoms with van der Waals surface area (Å²) in [6.07, 6.45) is 7.69. The molecule has 2 fully saturated rings. The monoisotopic (exact) mass is 282 g/mol. The summed E-state index contributed by atoms with van der Waals surface area (Å²) in [6.45, 7) is 2.79. The summed E-state index contributed by atoms with van der Waals surface area (Å²) in [5.74, 6) is -0.852. The van der Waals surface area contributed by atoms with Crippen LogP contribution < -0.4 is 10.6 Å². The Labute approximate surface area is 120 Å². The summed E-state index contributed by atoms with van der Waals surface area (Å²) < 4.78 is 0. The van der Waals surface area contributed by atoms with Crippen molar-refractivity contribution in [1.29, 1.82) is 0 Å². The van der Waals surface area contributed by atoms with E-state index in [1.54, 1.807) is 0 Å². The van der Waals surface area contributed by atoms with Crippen LogP contribution in [0.5, 0.6) is 0 Å². The molecule has 0 aromatic rings. The standard InChI is InChI=1S/C15H26N2O3/c1-14(7-5-6-10-16-14)13(20)17-15(11-12(18)19)8-3-2-4-9-15/h16H,2-11H2,1H3,(H,17,20)(H,18,19). The summed E-state index contributed by atoms with van der Waals surface area (Å²) in [5, 5.41) is 15.5. The van der Waals surface area contributed by atoms with Crippen molar-refractivity contribution in [2.75, 3.05) is 6.54 Å². The Hall–Kier alpha value is -1.10. The molecule has 0 aromatic heterocycles. The van der Waals surface area contributed by atoms with Crippen molar-refractivity contribution in [1.82, 2.24) is 10.6 Å². The minimum atomic E-state index is -0.825. The first-order chi connectivity index (χ1) is 9.46. The number of carboxylic acids is 1. The molecule has 1 saturated carbocycles. The topological polar surface area (TPSA) is 78.4 Å². The van der Waals surface area contributed by atoms with E-state index in [1.165, 1.54) is 0 Å². The Morgan fingerprint density at radius 1 is 1.10 bits per heavy atom. The van der Waals surface area contributed by atoms with Crippen molar-refractivity contribution in [3.63, 3.8) is 0 Å². The van der Waals surface area contributed by atoms with E-state index in [0.29, 0.717) is 0 Å². The molecule has 0 bridgehead atoms. The van der Waals surface area contributed by atoms with Crippen LogP contribution in [0.1, 0.15) is 64.7 Å². The van der Waals surface area contributed by atoms with Gasteiger partial charge in [0.1, 0.15) is 0 Å². The molecule has 3 N–H and O–H groups in total. The van der Waals surface area contributed by atoms with Crippen molar-refractivity contribution < 1.29 is 14.7 Å². The Bertz CT molecular complexity index is 369. The molecule has 1 heterocycles. The van der Waals surface area contributed by atoms with Gasteiger partial charge >= 0.3 is 5.97 Å². The number of rotatable bonds is 4. The average Bonchev–Trinajstić information content (AvgIpc) is 2.39. The van der Waals surface area contributed by atoms with Crippen molar-refractivity contribution >= 4 is 11.9 Å². The molecule has 2 aliphatic rings. The first kappa shape index (κ1) is 15.3. The van der Waals surface area contributed by atoms with Gasteiger partial charge in [-0.05, 0) is 45.6 Å². The molecule has 1 unspecified atom stereocenters. The first-order valence-corrected chi connectivity index (χ1v) is 7.75. The third-order valence-corrected chi connectivity index (χ3v) is 4.80. The molecule has 5 heteroatoms. The molecule has 1 saturated heterocycles. The molecule has 0 radical (unpaired) electrons. The van der Waals surface area contributed by atoms with E-state index in [-0.39, 0.29) is 12.3 Å². The predicted molar refractivity (Wildman–Crippen MR) is 76.5 cm³/mol. The third kappa shape index (κ3) is 3.51. The van der Waals surface area contributed by atoms with Crippen LogP contribution in [-0.4, -0.2) is 34.6 Å². The zero-order chi connectivity index (χ0) is 14.6. The number of aliphatic carboxylic acids is 1. The number of hydrogen-bond donors (Lipinski definition) is 3. The second-order valence-electron chi connectivity index (χ2n) is 6.58. The van der Waals surface area contributed by atoms with Gasteiger partial charge in [0.05, 0.1) is 17.5 Å². The van der Waals surface area contributed by atoms with Crippen LogP contribution in [0.25, 0.3) is 0 Å². The highest BCUT2D eigenvalue weighted by atomic mass is 16.4. The SMILES string of the molecule is CC1(C(=O)NC2(CC(=O)O)CCCCC2)CCCCN1. The van der Waals surface area contributed by atoms with Gasteiger partial charge in [-0.25, -0.2) is 0 Å². The third-order valence-electron chi connectivity index (χ3n) is 4.80. The maximum absolute atomic E-state index is 12.6. The number of nitrogens with one attached hydrogen (secondary N) is 2.